The molecule has 0 aromatic heterocycles. The Morgan fingerprint density at radius 3 is 2.43 bits per heavy atom. The number of hydrogen-bond acceptors (Lipinski definition) is 2. The summed E-state index contributed by atoms with van der Waals surface area (Å²) in [5.74, 6) is -0.501. The molecule has 4 nitrogen and oxygen atoms in total. The summed E-state index contributed by atoms with van der Waals surface area (Å²) in [6.45, 7) is 1.60. The van der Waals surface area contributed by atoms with E-state index < -0.39 is 6.04 Å². The highest BCUT2D eigenvalue weighted by Crippen LogP contribution is 2.28. The fourth-order valence-corrected chi connectivity index (χ4v) is 4.37. The lowest BCUT2D eigenvalue weighted by Gasteiger charge is -2.32. The number of carbonyl (C=O) groups is 2. The highest BCUT2D eigenvalue weighted by atomic mass is 35.5. The number of halogens is 3. The molecule has 0 radical (unpaired) electrons. The molecular formula is C23H21Cl2FN2O2. The van der Waals surface area contributed by atoms with Crippen molar-refractivity contribution in [3.05, 3.63) is 75.5 Å². The SMILES string of the molecule is O=C(C1CCCN1C(=O)c1ccc(Cl)c(Cl)c1)N1CC=C(c2ccc(F)cc2)CC1. The smallest absolute Gasteiger partial charge is 0.254 e. The molecule has 4 rings (SSSR count). The summed E-state index contributed by atoms with van der Waals surface area (Å²) in [5, 5.41) is 0.707. The summed E-state index contributed by atoms with van der Waals surface area (Å²) in [4.78, 5) is 29.6. The molecule has 0 bridgehead atoms. The minimum atomic E-state index is -0.465. The molecule has 2 heterocycles. The zero-order valence-corrected chi connectivity index (χ0v) is 17.8. The molecule has 2 aromatic carbocycles. The lowest BCUT2D eigenvalue weighted by atomic mass is 9.99. The number of carbonyl (C=O) groups excluding carboxylic acids is 2. The van der Waals surface area contributed by atoms with Gasteiger partial charge in [-0.05, 0) is 60.7 Å². The average molecular weight is 447 g/mol. The van der Waals surface area contributed by atoms with E-state index in [9.17, 15) is 14.0 Å². The van der Waals surface area contributed by atoms with Gasteiger partial charge in [0.05, 0.1) is 10.0 Å². The first-order chi connectivity index (χ1) is 14.4. The van der Waals surface area contributed by atoms with Crippen molar-refractivity contribution in [3.63, 3.8) is 0 Å². The second-order valence-corrected chi connectivity index (χ2v) is 8.37. The van der Waals surface area contributed by atoms with Crippen molar-refractivity contribution in [2.75, 3.05) is 19.6 Å². The number of amides is 2. The maximum atomic E-state index is 13.2. The Labute approximate surface area is 184 Å². The number of rotatable bonds is 3. The molecule has 0 aliphatic carbocycles. The summed E-state index contributed by atoms with van der Waals surface area (Å²) in [7, 11) is 0. The van der Waals surface area contributed by atoms with Crippen molar-refractivity contribution in [2.24, 2.45) is 0 Å². The quantitative estimate of drug-likeness (QED) is 0.661. The molecule has 1 saturated heterocycles. The monoisotopic (exact) mass is 446 g/mol. The summed E-state index contributed by atoms with van der Waals surface area (Å²) >= 11 is 12.0. The molecule has 30 heavy (non-hydrogen) atoms. The van der Waals surface area contributed by atoms with E-state index in [-0.39, 0.29) is 17.6 Å². The van der Waals surface area contributed by atoms with Gasteiger partial charge in [0.15, 0.2) is 0 Å². The maximum Gasteiger partial charge on any atom is 0.254 e. The van der Waals surface area contributed by atoms with Gasteiger partial charge in [0.1, 0.15) is 11.9 Å². The van der Waals surface area contributed by atoms with Gasteiger partial charge in [-0.15, -0.1) is 0 Å². The predicted octanol–water partition coefficient (Wildman–Crippen LogP) is 5.05. The largest absolute Gasteiger partial charge is 0.337 e. The molecule has 1 atom stereocenters. The summed E-state index contributed by atoms with van der Waals surface area (Å²) < 4.78 is 13.1. The predicted molar refractivity (Wildman–Crippen MR) is 116 cm³/mol. The molecule has 1 fully saturated rings. The topological polar surface area (TPSA) is 40.6 Å². The van der Waals surface area contributed by atoms with Crippen molar-refractivity contribution in [1.82, 2.24) is 9.80 Å². The van der Waals surface area contributed by atoms with Crippen LogP contribution in [0.1, 0.15) is 35.2 Å². The number of nitrogens with zero attached hydrogens (tertiary/aromatic N) is 2. The summed E-state index contributed by atoms with van der Waals surface area (Å²) in [6.07, 6.45) is 4.14. The lowest BCUT2D eigenvalue weighted by Crippen LogP contribution is -2.48. The van der Waals surface area contributed by atoms with Gasteiger partial charge in [-0.1, -0.05) is 41.4 Å². The van der Waals surface area contributed by atoms with Crippen LogP contribution in [0.15, 0.2) is 48.5 Å². The third kappa shape index (κ3) is 4.23. The molecule has 2 aromatic rings. The van der Waals surface area contributed by atoms with Gasteiger partial charge in [0.25, 0.3) is 5.91 Å². The number of hydrogen-bond donors (Lipinski definition) is 0. The van der Waals surface area contributed by atoms with Gasteiger partial charge < -0.3 is 9.80 Å². The van der Waals surface area contributed by atoms with Crippen LogP contribution in [0.25, 0.3) is 5.57 Å². The van der Waals surface area contributed by atoms with Crippen LogP contribution in [0.3, 0.4) is 0 Å². The van der Waals surface area contributed by atoms with Crippen molar-refractivity contribution in [2.45, 2.75) is 25.3 Å². The number of benzene rings is 2. The normalized spacial score (nSPS) is 19.0. The van der Waals surface area contributed by atoms with Gasteiger partial charge >= 0.3 is 0 Å². The van der Waals surface area contributed by atoms with Crippen LogP contribution in [-0.2, 0) is 4.79 Å². The van der Waals surface area contributed by atoms with E-state index in [1.807, 2.05) is 6.08 Å². The summed E-state index contributed by atoms with van der Waals surface area (Å²) in [6, 6.07) is 10.7. The van der Waals surface area contributed by atoms with Crippen LogP contribution in [0.4, 0.5) is 4.39 Å². The first-order valence-electron chi connectivity index (χ1n) is 9.94. The zero-order chi connectivity index (χ0) is 21.3. The minimum Gasteiger partial charge on any atom is -0.337 e. The second kappa shape index (κ2) is 8.78. The molecule has 2 aliphatic rings. The van der Waals surface area contributed by atoms with E-state index in [1.165, 1.54) is 12.1 Å². The zero-order valence-electron chi connectivity index (χ0n) is 16.3. The molecular weight excluding hydrogens is 426 g/mol. The minimum absolute atomic E-state index is 0.0321. The highest BCUT2D eigenvalue weighted by molar-refractivity contribution is 6.42. The van der Waals surface area contributed by atoms with Crippen LogP contribution in [-0.4, -0.2) is 47.3 Å². The Bertz CT molecular complexity index is 1010. The standard InChI is InChI=1S/C23H21Cl2FN2O2/c24-19-8-5-17(14-20(19)25)22(29)28-11-1-2-21(28)23(30)27-12-9-16(10-13-27)15-3-6-18(26)7-4-15/h3-9,14,21H,1-2,10-13H2. The third-order valence-corrected chi connectivity index (χ3v) is 6.44. The first-order valence-corrected chi connectivity index (χ1v) is 10.7. The van der Waals surface area contributed by atoms with Gasteiger partial charge in [-0.25, -0.2) is 4.39 Å². The van der Waals surface area contributed by atoms with E-state index in [4.69, 9.17) is 23.2 Å². The molecule has 2 aliphatic heterocycles. The van der Waals surface area contributed by atoms with E-state index in [2.05, 4.69) is 0 Å². The van der Waals surface area contributed by atoms with E-state index in [0.29, 0.717) is 48.1 Å². The molecule has 0 saturated carbocycles. The third-order valence-electron chi connectivity index (χ3n) is 5.70. The Kier molecular flexibility index (Phi) is 6.11. The Morgan fingerprint density at radius 2 is 1.77 bits per heavy atom. The van der Waals surface area contributed by atoms with E-state index >= 15 is 0 Å². The van der Waals surface area contributed by atoms with Crippen molar-refractivity contribution in [1.29, 1.82) is 0 Å². The second-order valence-electron chi connectivity index (χ2n) is 7.56. The fraction of sp³-hybridized carbons (Fsp3) is 0.304. The molecule has 7 heteroatoms. The van der Waals surface area contributed by atoms with Gasteiger partial charge in [0, 0.05) is 25.2 Å². The van der Waals surface area contributed by atoms with Gasteiger partial charge in [-0.2, -0.15) is 0 Å². The van der Waals surface area contributed by atoms with Crippen LogP contribution in [0, 0.1) is 5.82 Å². The fourth-order valence-electron chi connectivity index (χ4n) is 4.07. The maximum absolute atomic E-state index is 13.2. The molecule has 1 unspecified atom stereocenters. The number of likely N-dealkylation sites (tertiary alicyclic amines) is 1. The van der Waals surface area contributed by atoms with Crippen LogP contribution in [0.2, 0.25) is 10.0 Å². The first kappa shape index (κ1) is 20.9. The van der Waals surface area contributed by atoms with Crippen LogP contribution < -0.4 is 0 Å². The van der Waals surface area contributed by atoms with Gasteiger partial charge in [0.2, 0.25) is 5.91 Å². The molecule has 2 amide bonds. The van der Waals surface area contributed by atoms with E-state index in [1.54, 1.807) is 40.1 Å². The lowest BCUT2D eigenvalue weighted by molar-refractivity contribution is -0.134. The van der Waals surface area contributed by atoms with Crippen LogP contribution in [0.5, 0.6) is 0 Å². The molecule has 0 N–H and O–H groups in total. The van der Waals surface area contributed by atoms with Crippen molar-refractivity contribution < 1.29 is 14.0 Å². The van der Waals surface area contributed by atoms with E-state index in [0.717, 1.165) is 17.6 Å². The van der Waals surface area contributed by atoms with Crippen molar-refractivity contribution in [3.8, 4) is 0 Å². The van der Waals surface area contributed by atoms with Crippen LogP contribution >= 0.6 is 23.2 Å². The molecule has 0 spiro atoms. The Hall–Kier alpha value is -2.37. The van der Waals surface area contributed by atoms with Crippen molar-refractivity contribution >= 4 is 40.6 Å². The Balaban J connectivity index is 1.45. The summed E-state index contributed by atoms with van der Waals surface area (Å²) in [5.41, 5.74) is 2.51. The molecule has 156 valence electrons. The average Bonchev–Trinajstić information content (AvgIpc) is 3.25. The van der Waals surface area contributed by atoms with Gasteiger partial charge in [-0.3, -0.25) is 9.59 Å². The highest BCUT2D eigenvalue weighted by Gasteiger charge is 2.37. The Morgan fingerprint density at radius 1 is 1.00 bits per heavy atom.